The van der Waals surface area contributed by atoms with Gasteiger partial charge in [0.15, 0.2) is 0 Å². The van der Waals surface area contributed by atoms with Crippen LogP contribution in [0.3, 0.4) is 0 Å². The Morgan fingerprint density at radius 3 is 2.90 bits per heavy atom. The van der Waals surface area contributed by atoms with Gasteiger partial charge in [-0.1, -0.05) is 18.2 Å². The van der Waals surface area contributed by atoms with Crippen molar-refractivity contribution in [1.82, 2.24) is 9.78 Å². The van der Waals surface area contributed by atoms with Crippen molar-refractivity contribution < 1.29 is 9.90 Å². The standard InChI is InChI=1S/C15H16N2O2S/c1-9-14(15(18)19)10(2)17(16-9)7-11-8-20-13-6-4-3-5-12(11)13/h3-6,11H,7-8H2,1-2H3,(H,18,19). The highest BCUT2D eigenvalue weighted by atomic mass is 32.2. The zero-order valence-corrected chi connectivity index (χ0v) is 12.3. The molecule has 1 aromatic carbocycles. The van der Waals surface area contributed by atoms with Gasteiger partial charge in [0.25, 0.3) is 0 Å². The number of aromatic nitrogens is 2. The fourth-order valence-electron chi connectivity index (χ4n) is 2.77. The van der Waals surface area contributed by atoms with E-state index in [0.29, 0.717) is 17.2 Å². The smallest absolute Gasteiger partial charge is 0.339 e. The molecule has 0 saturated heterocycles. The predicted molar refractivity (Wildman–Crippen MR) is 78.6 cm³/mol. The van der Waals surface area contributed by atoms with Gasteiger partial charge in [0, 0.05) is 23.1 Å². The molecular weight excluding hydrogens is 272 g/mol. The average molecular weight is 288 g/mol. The molecule has 1 atom stereocenters. The molecule has 20 heavy (non-hydrogen) atoms. The second-order valence-electron chi connectivity index (χ2n) is 5.08. The number of nitrogens with zero attached hydrogens (tertiary/aromatic N) is 2. The second-order valence-corrected chi connectivity index (χ2v) is 6.14. The van der Waals surface area contributed by atoms with Crippen LogP contribution in [0.4, 0.5) is 0 Å². The number of aryl methyl sites for hydroxylation is 1. The number of carboxylic acid groups (broad SMARTS) is 1. The first-order chi connectivity index (χ1) is 9.58. The topological polar surface area (TPSA) is 55.1 Å². The largest absolute Gasteiger partial charge is 0.478 e. The van der Waals surface area contributed by atoms with E-state index in [1.165, 1.54) is 10.5 Å². The molecule has 0 aliphatic carbocycles. The summed E-state index contributed by atoms with van der Waals surface area (Å²) >= 11 is 1.86. The van der Waals surface area contributed by atoms with Crippen LogP contribution in [0.2, 0.25) is 0 Å². The summed E-state index contributed by atoms with van der Waals surface area (Å²) < 4.78 is 1.84. The van der Waals surface area contributed by atoms with Crippen molar-refractivity contribution >= 4 is 17.7 Å². The van der Waals surface area contributed by atoms with Crippen molar-refractivity contribution in [2.75, 3.05) is 5.75 Å². The minimum Gasteiger partial charge on any atom is -0.478 e. The van der Waals surface area contributed by atoms with Crippen LogP contribution in [0.1, 0.15) is 33.2 Å². The highest BCUT2D eigenvalue weighted by molar-refractivity contribution is 7.99. The van der Waals surface area contributed by atoms with Crippen LogP contribution in [-0.4, -0.2) is 26.6 Å². The molecule has 3 rings (SSSR count). The number of benzene rings is 1. The van der Waals surface area contributed by atoms with Gasteiger partial charge >= 0.3 is 5.97 Å². The molecule has 0 bridgehead atoms. The summed E-state index contributed by atoms with van der Waals surface area (Å²) in [6, 6.07) is 8.41. The van der Waals surface area contributed by atoms with Gasteiger partial charge in [-0.25, -0.2) is 4.79 Å². The Morgan fingerprint density at radius 2 is 2.20 bits per heavy atom. The number of hydrogen-bond acceptors (Lipinski definition) is 3. The van der Waals surface area contributed by atoms with Crippen molar-refractivity contribution in [2.45, 2.75) is 31.2 Å². The van der Waals surface area contributed by atoms with Crippen LogP contribution >= 0.6 is 11.8 Å². The Balaban J connectivity index is 1.90. The molecule has 4 nitrogen and oxygen atoms in total. The predicted octanol–water partition coefficient (Wildman–Crippen LogP) is 3.09. The molecule has 2 heterocycles. The third-order valence-corrected chi connectivity index (χ3v) is 5.04. The van der Waals surface area contributed by atoms with Gasteiger partial charge in [0.1, 0.15) is 5.56 Å². The number of carbonyl (C=O) groups is 1. The molecule has 1 unspecified atom stereocenters. The van der Waals surface area contributed by atoms with Crippen LogP contribution in [0, 0.1) is 13.8 Å². The maximum Gasteiger partial charge on any atom is 0.339 e. The van der Waals surface area contributed by atoms with E-state index in [9.17, 15) is 9.90 Å². The van der Waals surface area contributed by atoms with Crippen LogP contribution in [-0.2, 0) is 6.54 Å². The van der Waals surface area contributed by atoms with Gasteiger partial charge in [0.2, 0.25) is 0 Å². The van der Waals surface area contributed by atoms with E-state index in [1.54, 1.807) is 6.92 Å². The number of rotatable bonds is 3. The van der Waals surface area contributed by atoms with Crippen LogP contribution in [0.15, 0.2) is 29.2 Å². The Labute approximate surface area is 121 Å². The number of fused-ring (bicyclic) bond motifs is 1. The summed E-state index contributed by atoms with van der Waals surface area (Å²) in [5.74, 6) is 0.531. The first kappa shape index (κ1) is 13.2. The molecule has 0 spiro atoms. The Bertz CT molecular complexity index is 679. The van der Waals surface area contributed by atoms with Gasteiger partial charge in [-0.15, -0.1) is 11.8 Å². The Kier molecular flexibility index (Phi) is 3.30. The molecule has 1 aromatic heterocycles. The quantitative estimate of drug-likeness (QED) is 0.943. The second kappa shape index (κ2) is 4.98. The van der Waals surface area contributed by atoms with Gasteiger partial charge in [-0.2, -0.15) is 5.10 Å². The van der Waals surface area contributed by atoms with Crippen molar-refractivity contribution in [2.24, 2.45) is 0 Å². The number of carboxylic acids is 1. The van der Waals surface area contributed by atoms with Crippen molar-refractivity contribution in [1.29, 1.82) is 0 Å². The summed E-state index contributed by atoms with van der Waals surface area (Å²) in [5.41, 5.74) is 3.02. The lowest BCUT2D eigenvalue weighted by Crippen LogP contribution is -2.12. The Morgan fingerprint density at radius 1 is 1.45 bits per heavy atom. The van der Waals surface area contributed by atoms with E-state index in [2.05, 4.69) is 29.4 Å². The number of hydrogen-bond donors (Lipinski definition) is 1. The van der Waals surface area contributed by atoms with E-state index in [0.717, 1.165) is 18.0 Å². The molecule has 1 aliphatic rings. The molecular formula is C15H16N2O2S. The third-order valence-electron chi connectivity index (χ3n) is 3.79. The van der Waals surface area contributed by atoms with Crippen LogP contribution in [0.5, 0.6) is 0 Å². The number of aromatic carboxylic acids is 1. The van der Waals surface area contributed by atoms with E-state index in [4.69, 9.17) is 0 Å². The molecule has 2 aromatic rings. The van der Waals surface area contributed by atoms with Crippen LogP contribution in [0.25, 0.3) is 0 Å². The van der Waals surface area contributed by atoms with Crippen molar-refractivity contribution in [3.8, 4) is 0 Å². The highest BCUT2D eigenvalue weighted by Gasteiger charge is 2.25. The van der Waals surface area contributed by atoms with Crippen LogP contribution < -0.4 is 0 Å². The minimum atomic E-state index is -0.896. The average Bonchev–Trinajstić information content (AvgIpc) is 2.93. The maximum absolute atomic E-state index is 11.2. The molecule has 0 amide bonds. The van der Waals surface area contributed by atoms with E-state index in [1.807, 2.05) is 23.4 Å². The van der Waals surface area contributed by atoms with E-state index >= 15 is 0 Å². The zero-order valence-electron chi connectivity index (χ0n) is 11.5. The third kappa shape index (κ3) is 2.12. The normalized spacial score (nSPS) is 17.2. The fourth-order valence-corrected chi connectivity index (χ4v) is 4.02. The van der Waals surface area contributed by atoms with Crippen molar-refractivity contribution in [3.05, 3.63) is 46.8 Å². The lowest BCUT2D eigenvalue weighted by Gasteiger charge is -2.12. The number of thioether (sulfide) groups is 1. The summed E-state index contributed by atoms with van der Waals surface area (Å²) in [4.78, 5) is 12.6. The molecule has 1 aliphatic heterocycles. The molecule has 0 saturated carbocycles. The summed E-state index contributed by atoms with van der Waals surface area (Å²) in [6.07, 6.45) is 0. The molecule has 104 valence electrons. The minimum absolute atomic E-state index is 0.337. The Hall–Kier alpha value is -1.75. The highest BCUT2D eigenvalue weighted by Crippen LogP contribution is 2.40. The summed E-state index contributed by atoms with van der Waals surface area (Å²) in [6.45, 7) is 4.33. The SMILES string of the molecule is Cc1nn(CC2CSc3ccccc32)c(C)c1C(=O)O. The molecule has 0 fully saturated rings. The summed E-state index contributed by atoms with van der Waals surface area (Å²) in [7, 11) is 0. The fraction of sp³-hybridized carbons (Fsp3) is 0.333. The maximum atomic E-state index is 11.2. The monoisotopic (exact) mass is 288 g/mol. The molecule has 0 radical (unpaired) electrons. The van der Waals surface area contributed by atoms with Gasteiger partial charge < -0.3 is 5.11 Å². The lowest BCUT2D eigenvalue weighted by atomic mass is 10.0. The summed E-state index contributed by atoms with van der Waals surface area (Å²) in [5, 5.41) is 13.6. The molecule has 5 heteroatoms. The van der Waals surface area contributed by atoms with E-state index < -0.39 is 5.97 Å². The van der Waals surface area contributed by atoms with E-state index in [-0.39, 0.29) is 0 Å². The van der Waals surface area contributed by atoms with Gasteiger partial charge in [-0.05, 0) is 25.5 Å². The lowest BCUT2D eigenvalue weighted by molar-refractivity contribution is 0.0695. The van der Waals surface area contributed by atoms with Gasteiger partial charge in [0.05, 0.1) is 11.4 Å². The zero-order chi connectivity index (χ0) is 14.3. The van der Waals surface area contributed by atoms with Crippen molar-refractivity contribution in [3.63, 3.8) is 0 Å². The first-order valence-corrected chi connectivity index (χ1v) is 7.55. The van der Waals surface area contributed by atoms with Gasteiger partial charge in [-0.3, -0.25) is 4.68 Å². The first-order valence-electron chi connectivity index (χ1n) is 6.57. The molecule has 1 N–H and O–H groups in total.